The van der Waals surface area contributed by atoms with E-state index in [0.717, 1.165) is 25.1 Å². The van der Waals surface area contributed by atoms with Crippen molar-refractivity contribution in [2.24, 2.45) is 0 Å². The number of nitrogens with one attached hydrogen (secondary N) is 3. The molecule has 0 saturated carbocycles. The summed E-state index contributed by atoms with van der Waals surface area (Å²) in [6, 6.07) is -0.0123. The van der Waals surface area contributed by atoms with Gasteiger partial charge in [0.05, 0.1) is 24.6 Å². The molecule has 0 aliphatic carbocycles. The van der Waals surface area contributed by atoms with Gasteiger partial charge in [0.2, 0.25) is 5.91 Å². The molecule has 0 radical (unpaired) electrons. The average molecular weight is 208 g/mol. The van der Waals surface area contributed by atoms with Crippen molar-refractivity contribution >= 4 is 5.91 Å². The zero-order valence-corrected chi connectivity index (χ0v) is 8.62. The lowest BCUT2D eigenvalue weighted by molar-refractivity contribution is -0.123. The molecular weight excluding hydrogens is 192 g/mol. The van der Waals surface area contributed by atoms with Crippen LogP contribution < -0.4 is 10.6 Å². The molecule has 5 heteroatoms. The van der Waals surface area contributed by atoms with Crippen LogP contribution in [0.3, 0.4) is 0 Å². The van der Waals surface area contributed by atoms with E-state index in [9.17, 15) is 4.79 Å². The first-order valence-electron chi connectivity index (χ1n) is 5.34. The molecule has 1 aliphatic heterocycles. The Morgan fingerprint density at radius 1 is 1.60 bits per heavy atom. The molecule has 2 heterocycles. The lowest BCUT2D eigenvalue weighted by Gasteiger charge is -2.22. The molecule has 15 heavy (non-hydrogen) atoms. The van der Waals surface area contributed by atoms with E-state index in [0.29, 0.717) is 6.54 Å². The molecule has 1 amide bonds. The molecule has 1 aromatic heterocycles. The van der Waals surface area contributed by atoms with Gasteiger partial charge in [0, 0.05) is 6.20 Å². The summed E-state index contributed by atoms with van der Waals surface area (Å²) in [5.41, 5.74) is 0.930. The predicted molar refractivity (Wildman–Crippen MR) is 56.1 cm³/mol. The molecule has 2 rings (SSSR count). The Bertz CT molecular complexity index is 303. The summed E-state index contributed by atoms with van der Waals surface area (Å²) >= 11 is 0. The van der Waals surface area contributed by atoms with Gasteiger partial charge in [-0.15, -0.1) is 0 Å². The van der Waals surface area contributed by atoms with Crippen molar-refractivity contribution in [3.8, 4) is 0 Å². The number of carbonyl (C=O) groups is 1. The fourth-order valence-electron chi connectivity index (χ4n) is 1.76. The fourth-order valence-corrected chi connectivity index (χ4v) is 1.76. The van der Waals surface area contributed by atoms with Gasteiger partial charge in [-0.05, 0) is 19.4 Å². The van der Waals surface area contributed by atoms with E-state index in [1.54, 1.807) is 12.5 Å². The van der Waals surface area contributed by atoms with Crippen molar-refractivity contribution in [2.45, 2.75) is 31.8 Å². The van der Waals surface area contributed by atoms with Crippen molar-refractivity contribution in [3.63, 3.8) is 0 Å². The second kappa shape index (κ2) is 4.93. The predicted octanol–water partition coefficient (Wildman–Crippen LogP) is 0.168. The second-order valence-corrected chi connectivity index (χ2v) is 3.80. The Morgan fingerprint density at radius 3 is 3.20 bits per heavy atom. The quantitative estimate of drug-likeness (QED) is 0.663. The van der Waals surface area contributed by atoms with Gasteiger partial charge in [0.25, 0.3) is 0 Å². The monoisotopic (exact) mass is 208 g/mol. The average Bonchev–Trinajstić information content (AvgIpc) is 2.80. The number of imidazole rings is 1. The Balaban J connectivity index is 1.76. The lowest BCUT2D eigenvalue weighted by atomic mass is 10.0. The molecule has 5 nitrogen and oxygen atoms in total. The number of carbonyl (C=O) groups excluding carboxylic acids is 1. The number of aromatic amines is 1. The maximum Gasteiger partial charge on any atom is 0.237 e. The van der Waals surface area contributed by atoms with Crippen molar-refractivity contribution < 1.29 is 4.79 Å². The Morgan fingerprint density at radius 2 is 2.53 bits per heavy atom. The molecule has 1 fully saturated rings. The lowest BCUT2D eigenvalue weighted by Crippen LogP contribution is -2.46. The Labute approximate surface area is 88.7 Å². The van der Waals surface area contributed by atoms with Crippen LogP contribution in [-0.4, -0.2) is 28.5 Å². The largest absolute Gasteiger partial charge is 0.349 e. The summed E-state index contributed by atoms with van der Waals surface area (Å²) in [6.45, 7) is 1.47. The normalized spacial score (nSPS) is 21.2. The maximum absolute atomic E-state index is 11.7. The first-order valence-corrected chi connectivity index (χ1v) is 5.34. The van der Waals surface area contributed by atoms with E-state index in [-0.39, 0.29) is 11.9 Å². The molecule has 1 unspecified atom stereocenters. The number of amides is 1. The number of nitrogens with zero attached hydrogens (tertiary/aromatic N) is 1. The molecule has 0 spiro atoms. The summed E-state index contributed by atoms with van der Waals surface area (Å²) < 4.78 is 0. The van der Waals surface area contributed by atoms with Crippen molar-refractivity contribution in [1.82, 2.24) is 20.6 Å². The number of H-pyrrole nitrogens is 1. The summed E-state index contributed by atoms with van der Waals surface area (Å²) in [4.78, 5) is 18.5. The van der Waals surface area contributed by atoms with Crippen molar-refractivity contribution in [3.05, 3.63) is 18.2 Å². The third-order valence-electron chi connectivity index (χ3n) is 2.63. The van der Waals surface area contributed by atoms with Crippen molar-refractivity contribution in [1.29, 1.82) is 0 Å². The Hall–Kier alpha value is -1.36. The van der Waals surface area contributed by atoms with Gasteiger partial charge in [0.15, 0.2) is 0 Å². The highest BCUT2D eigenvalue weighted by molar-refractivity contribution is 5.81. The van der Waals surface area contributed by atoms with Crippen LogP contribution in [0.15, 0.2) is 12.5 Å². The van der Waals surface area contributed by atoms with E-state index >= 15 is 0 Å². The van der Waals surface area contributed by atoms with Crippen LogP contribution >= 0.6 is 0 Å². The number of rotatable bonds is 3. The summed E-state index contributed by atoms with van der Waals surface area (Å²) in [7, 11) is 0. The number of aromatic nitrogens is 2. The third-order valence-corrected chi connectivity index (χ3v) is 2.63. The summed E-state index contributed by atoms with van der Waals surface area (Å²) in [5.74, 6) is 0.0873. The number of hydrogen-bond donors (Lipinski definition) is 3. The van der Waals surface area contributed by atoms with Gasteiger partial charge < -0.3 is 15.6 Å². The first kappa shape index (κ1) is 10.2. The molecular formula is C10H16N4O. The third kappa shape index (κ3) is 2.79. The number of piperidine rings is 1. The highest BCUT2D eigenvalue weighted by atomic mass is 16.2. The minimum atomic E-state index is -0.0123. The van der Waals surface area contributed by atoms with Gasteiger partial charge in [-0.1, -0.05) is 6.42 Å². The van der Waals surface area contributed by atoms with Crippen LogP contribution in [0.1, 0.15) is 25.0 Å². The SMILES string of the molecule is O=C(NCc1cnc[nH]1)C1CCCCN1. The molecule has 1 saturated heterocycles. The zero-order chi connectivity index (χ0) is 10.5. The standard InChI is InChI=1S/C10H16N4O/c15-10(9-3-1-2-4-12-9)13-6-8-5-11-7-14-8/h5,7,9,12H,1-4,6H2,(H,11,14)(H,13,15). The molecule has 82 valence electrons. The minimum absolute atomic E-state index is 0.0123. The highest BCUT2D eigenvalue weighted by Crippen LogP contribution is 2.06. The van der Waals surface area contributed by atoms with E-state index in [1.165, 1.54) is 6.42 Å². The number of hydrogen-bond acceptors (Lipinski definition) is 3. The zero-order valence-electron chi connectivity index (χ0n) is 8.62. The highest BCUT2D eigenvalue weighted by Gasteiger charge is 2.19. The van der Waals surface area contributed by atoms with Crippen LogP contribution in [0.4, 0.5) is 0 Å². The van der Waals surface area contributed by atoms with Crippen LogP contribution in [0, 0.1) is 0 Å². The second-order valence-electron chi connectivity index (χ2n) is 3.80. The molecule has 3 N–H and O–H groups in total. The molecule has 1 aromatic rings. The Kier molecular flexibility index (Phi) is 3.34. The van der Waals surface area contributed by atoms with Crippen LogP contribution in [-0.2, 0) is 11.3 Å². The minimum Gasteiger partial charge on any atom is -0.349 e. The maximum atomic E-state index is 11.7. The van der Waals surface area contributed by atoms with E-state index in [2.05, 4.69) is 20.6 Å². The smallest absolute Gasteiger partial charge is 0.237 e. The summed E-state index contributed by atoms with van der Waals surface area (Å²) in [5, 5.41) is 6.09. The molecule has 0 bridgehead atoms. The van der Waals surface area contributed by atoms with Gasteiger partial charge in [-0.3, -0.25) is 4.79 Å². The van der Waals surface area contributed by atoms with Gasteiger partial charge in [-0.25, -0.2) is 4.98 Å². The molecule has 1 atom stereocenters. The fraction of sp³-hybridized carbons (Fsp3) is 0.600. The van der Waals surface area contributed by atoms with Crippen LogP contribution in [0.25, 0.3) is 0 Å². The van der Waals surface area contributed by atoms with Crippen LogP contribution in [0.2, 0.25) is 0 Å². The van der Waals surface area contributed by atoms with Gasteiger partial charge >= 0.3 is 0 Å². The van der Waals surface area contributed by atoms with Gasteiger partial charge in [0.1, 0.15) is 0 Å². The van der Waals surface area contributed by atoms with E-state index in [4.69, 9.17) is 0 Å². The van der Waals surface area contributed by atoms with E-state index < -0.39 is 0 Å². The molecule has 0 aromatic carbocycles. The van der Waals surface area contributed by atoms with Crippen LogP contribution in [0.5, 0.6) is 0 Å². The molecule has 1 aliphatic rings. The summed E-state index contributed by atoms with van der Waals surface area (Å²) in [6.07, 6.45) is 6.57. The van der Waals surface area contributed by atoms with E-state index in [1.807, 2.05) is 0 Å². The van der Waals surface area contributed by atoms with Crippen molar-refractivity contribution in [2.75, 3.05) is 6.54 Å². The topological polar surface area (TPSA) is 69.8 Å². The first-order chi connectivity index (χ1) is 7.36. The van der Waals surface area contributed by atoms with Gasteiger partial charge in [-0.2, -0.15) is 0 Å².